The fourth-order valence-electron chi connectivity index (χ4n) is 2.57. The zero-order valence-electron chi connectivity index (χ0n) is 11.0. The third kappa shape index (κ3) is 2.61. The van der Waals surface area contributed by atoms with Gasteiger partial charge in [0.25, 0.3) is 5.91 Å². The van der Waals surface area contributed by atoms with Gasteiger partial charge in [0.05, 0.1) is 5.56 Å². The zero-order chi connectivity index (χ0) is 15.0. The van der Waals surface area contributed by atoms with Crippen molar-refractivity contribution in [1.82, 2.24) is 4.90 Å². The maximum absolute atomic E-state index is 12.5. The van der Waals surface area contributed by atoms with E-state index in [1.807, 2.05) is 17.5 Å². The van der Waals surface area contributed by atoms with E-state index in [4.69, 9.17) is 0 Å². The molecule has 6 heteroatoms. The number of hydrogen-bond acceptors (Lipinski definition) is 3. The second kappa shape index (κ2) is 5.61. The van der Waals surface area contributed by atoms with Crippen LogP contribution in [0.1, 0.15) is 31.2 Å². The van der Waals surface area contributed by atoms with Gasteiger partial charge in [-0.3, -0.25) is 4.79 Å². The molecule has 0 fully saturated rings. The van der Waals surface area contributed by atoms with Crippen LogP contribution in [0, 0.1) is 0 Å². The molecule has 21 heavy (non-hydrogen) atoms. The van der Waals surface area contributed by atoms with Crippen LogP contribution < -0.4 is 0 Å². The van der Waals surface area contributed by atoms with Crippen LogP contribution in [-0.2, 0) is 13.0 Å². The van der Waals surface area contributed by atoms with Gasteiger partial charge in [-0.05, 0) is 51.0 Å². The van der Waals surface area contributed by atoms with Crippen LogP contribution in [0.25, 0.3) is 0 Å². The van der Waals surface area contributed by atoms with Crippen molar-refractivity contribution in [3.8, 4) is 0 Å². The molecule has 1 aromatic carbocycles. The minimum absolute atomic E-state index is 0.0109. The standard InChI is InChI=1S/C15H12BrNO3S/c16-12-5-7-21-13(12)14(18)17-6-4-10-9(8-17)2-1-3-11(10)15(19)20/h1-3,5,7H,4,6,8H2,(H,19,20). The van der Waals surface area contributed by atoms with Crippen molar-refractivity contribution in [1.29, 1.82) is 0 Å². The molecule has 108 valence electrons. The fraction of sp³-hybridized carbons (Fsp3) is 0.200. The molecule has 1 aromatic heterocycles. The monoisotopic (exact) mass is 365 g/mol. The van der Waals surface area contributed by atoms with E-state index in [1.54, 1.807) is 17.0 Å². The lowest BCUT2D eigenvalue weighted by atomic mass is 9.94. The van der Waals surface area contributed by atoms with Gasteiger partial charge in [-0.2, -0.15) is 0 Å². The summed E-state index contributed by atoms with van der Waals surface area (Å²) in [5, 5.41) is 11.1. The number of rotatable bonds is 2. The van der Waals surface area contributed by atoms with Crippen molar-refractivity contribution in [3.05, 3.63) is 55.7 Å². The molecule has 0 atom stereocenters. The summed E-state index contributed by atoms with van der Waals surface area (Å²) in [6.07, 6.45) is 0.576. The molecule has 1 aliphatic rings. The first-order valence-electron chi connectivity index (χ1n) is 6.44. The second-order valence-corrected chi connectivity index (χ2v) is 6.59. The van der Waals surface area contributed by atoms with Gasteiger partial charge in [0.1, 0.15) is 4.88 Å². The van der Waals surface area contributed by atoms with Crippen molar-refractivity contribution in [3.63, 3.8) is 0 Å². The maximum atomic E-state index is 12.5. The zero-order valence-corrected chi connectivity index (χ0v) is 13.4. The molecule has 1 amide bonds. The quantitative estimate of drug-likeness (QED) is 0.886. The van der Waals surface area contributed by atoms with E-state index >= 15 is 0 Å². The maximum Gasteiger partial charge on any atom is 0.335 e. The molecule has 4 nitrogen and oxygen atoms in total. The number of nitrogens with zero attached hydrogens (tertiary/aromatic N) is 1. The Balaban J connectivity index is 1.89. The Bertz CT molecular complexity index is 725. The highest BCUT2D eigenvalue weighted by Gasteiger charge is 2.26. The molecular weight excluding hydrogens is 354 g/mol. The number of amides is 1. The molecule has 0 spiro atoms. The predicted molar refractivity (Wildman–Crippen MR) is 83.9 cm³/mol. The lowest BCUT2D eigenvalue weighted by molar-refractivity contribution is 0.0694. The summed E-state index contributed by atoms with van der Waals surface area (Å²) in [6.45, 7) is 1.00. The van der Waals surface area contributed by atoms with Crippen LogP contribution in [-0.4, -0.2) is 28.4 Å². The van der Waals surface area contributed by atoms with E-state index in [9.17, 15) is 14.7 Å². The average molecular weight is 366 g/mol. The van der Waals surface area contributed by atoms with Crippen LogP contribution in [0.15, 0.2) is 34.1 Å². The Hall–Kier alpha value is -1.66. The first-order valence-corrected chi connectivity index (χ1v) is 8.11. The summed E-state index contributed by atoms with van der Waals surface area (Å²) in [5.74, 6) is -0.920. The van der Waals surface area contributed by atoms with Crippen molar-refractivity contribution >= 4 is 39.1 Å². The lowest BCUT2D eigenvalue weighted by Gasteiger charge is -2.29. The van der Waals surface area contributed by atoms with Gasteiger partial charge in [0.2, 0.25) is 0 Å². The van der Waals surface area contributed by atoms with E-state index in [0.717, 1.165) is 15.6 Å². The van der Waals surface area contributed by atoms with Gasteiger partial charge in [-0.25, -0.2) is 4.79 Å². The average Bonchev–Trinajstić information content (AvgIpc) is 2.91. The number of carboxylic acids is 1. The minimum Gasteiger partial charge on any atom is -0.478 e. The van der Waals surface area contributed by atoms with Crippen molar-refractivity contribution in [2.24, 2.45) is 0 Å². The second-order valence-electron chi connectivity index (χ2n) is 4.82. The highest BCUT2D eigenvalue weighted by molar-refractivity contribution is 9.10. The molecular formula is C15H12BrNO3S. The fourth-order valence-corrected chi connectivity index (χ4v) is 4.08. The van der Waals surface area contributed by atoms with E-state index in [0.29, 0.717) is 30.0 Å². The third-order valence-corrected chi connectivity index (χ3v) is 5.42. The molecule has 2 heterocycles. The number of carboxylic acid groups (broad SMARTS) is 1. The van der Waals surface area contributed by atoms with Gasteiger partial charge >= 0.3 is 5.97 Å². The molecule has 0 saturated heterocycles. The van der Waals surface area contributed by atoms with Crippen LogP contribution in [0.5, 0.6) is 0 Å². The number of fused-ring (bicyclic) bond motifs is 1. The van der Waals surface area contributed by atoms with Gasteiger partial charge in [0.15, 0.2) is 0 Å². The predicted octanol–water partition coefficient (Wildman–Crippen LogP) is 3.41. The highest BCUT2D eigenvalue weighted by Crippen LogP contribution is 2.28. The topological polar surface area (TPSA) is 57.6 Å². The summed E-state index contributed by atoms with van der Waals surface area (Å²) in [6, 6.07) is 7.11. The van der Waals surface area contributed by atoms with Crippen molar-refractivity contribution < 1.29 is 14.7 Å². The molecule has 0 unspecified atom stereocenters. The number of carbonyl (C=O) groups is 2. The lowest BCUT2D eigenvalue weighted by Crippen LogP contribution is -2.36. The first-order chi connectivity index (χ1) is 10.1. The Labute approximate surface area is 134 Å². The number of hydrogen-bond donors (Lipinski definition) is 1. The van der Waals surface area contributed by atoms with E-state index in [2.05, 4.69) is 15.9 Å². The van der Waals surface area contributed by atoms with Crippen LogP contribution in [0.4, 0.5) is 0 Å². The molecule has 0 radical (unpaired) electrons. The minimum atomic E-state index is -0.910. The van der Waals surface area contributed by atoms with Crippen LogP contribution >= 0.6 is 27.3 Å². The Morgan fingerprint density at radius 3 is 2.76 bits per heavy atom. The number of halogens is 1. The normalized spacial score (nSPS) is 13.9. The number of carbonyl (C=O) groups excluding carboxylic acids is 1. The third-order valence-electron chi connectivity index (χ3n) is 3.60. The van der Waals surface area contributed by atoms with E-state index < -0.39 is 5.97 Å². The molecule has 3 rings (SSSR count). The summed E-state index contributed by atoms with van der Waals surface area (Å²) in [5.41, 5.74) is 2.11. The Kier molecular flexibility index (Phi) is 3.82. The van der Waals surface area contributed by atoms with Gasteiger partial charge in [0, 0.05) is 17.6 Å². The molecule has 0 saturated carbocycles. The number of aromatic carboxylic acids is 1. The smallest absolute Gasteiger partial charge is 0.335 e. The van der Waals surface area contributed by atoms with Gasteiger partial charge in [-0.15, -0.1) is 11.3 Å². The largest absolute Gasteiger partial charge is 0.478 e. The van der Waals surface area contributed by atoms with Gasteiger partial charge in [-0.1, -0.05) is 12.1 Å². The molecule has 0 aliphatic carbocycles. The SMILES string of the molecule is O=C(O)c1cccc2c1CCN(C(=O)c1sccc1Br)C2. The number of benzene rings is 1. The molecule has 0 bridgehead atoms. The van der Waals surface area contributed by atoms with Crippen LogP contribution in [0.2, 0.25) is 0 Å². The van der Waals surface area contributed by atoms with E-state index in [1.165, 1.54) is 11.3 Å². The molecule has 1 aliphatic heterocycles. The van der Waals surface area contributed by atoms with Crippen molar-refractivity contribution in [2.45, 2.75) is 13.0 Å². The highest BCUT2D eigenvalue weighted by atomic mass is 79.9. The van der Waals surface area contributed by atoms with Crippen molar-refractivity contribution in [2.75, 3.05) is 6.54 Å². The summed E-state index contributed by atoms with van der Waals surface area (Å²) >= 11 is 4.79. The summed E-state index contributed by atoms with van der Waals surface area (Å²) < 4.78 is 0.808. The Morgan fingerprint density at radius 1 is 1.29 bits per heavy atom. The molecule has 2 aromatic rings. The van der Waals surface area contributed by atoms with Crippen LogP contribution in [0.3, 0.4) is 0 Å². The van der Waals surface area contributed by atoms with Gasteiger partial charge < -0.3 is 10.0 Å². The van der Waals surface area contributed by atoms with E-state index in [-0.39, 0.29) is 5.91 Å². The Morgan fingerprint density at radius 2 is 2.10 bits per heavy atom. The molecule has 1 N–H and O–H groups in total. The summed E-state index contributed by atoms with van der Waals surface area (Å²) in [7, 11) is 0. The number of thiophene rings is 1. The first kappa shape index (κ1) is 14.3. The summed E-state index contributed by atoms with van der Waals surface area (Å²) in [4.78, 5) is 26.2.